The van der Waals surface area contributed by atoms with Crippen LogP contribution in [0.4, 0.5) is 8.78 Å². The zero-order valence-electron chi connectivity index (χ0n) is 11.7. The molecule has 2 aromatic rings. The zero-order valence-corrected chi connectivity index (χ0v) is 12.6. The maximum Gasteiger partial charge on any atom is 0.387 e. The molecule has 6 heteroatoms. The minimum Gasteiger partial charge on any atom is -0.435 e. The second-order valence-corrected chi connectivity index (χ2v) is 6.05. The molecule has 1 aromatic heterocycles. The summed E-state index contributed by atoms with van der Waals surface area (Å²) >= 11 is 1.65. The Morgan fingerprint density at radius 3 is 2.68 bits per heavy atom. The second-order valence-electron chi connectivity index (χ2n) is 5.07. The van der Waals surface area contributed by atoms with Gasteiger partial charge in [0.1, 0.15) is 5.75 Å². The summed E-state index contributed by atoms with van der Waals surface area (Å²) in [7, 11) is 0. The minimum absolute atomic E-state index is 0.0581. The number of alkyl halides is 2. The molecule has 0 spiro atoms. The van der Waals surface area contributed by atoms with E-state index in [-0.39, 0.29) is 17.7 Å². The van der Waals surface area contributed by atoms with Crippen molar-refractivity contribution >= 4 is 17.2 Å². The third-order valence-electron chi connectivity index (χ3n) is 3.71. The number of thiophene rings is 1. The quantitative estimate of drug-likeness (QED) is 0.838. The van der Waals surface area contributed by atoms with E-state index >= 15 is 0 Å². The van der Waals surface area contributed by atoms with E-state index in [1.165, 1.54) is 29.1 Å². The number of likely N-dealkylation sites (tertiary alicyclic amines) is 1. The van der Waals surface area contributed by atoms with Gasteiger partial charge in [0, 0.05) is 17.0 Å². The van der Waals surface area contributed by atoms with E-state index in [4.69, 9.17) is 0 Å². The first-order chi connectivity index (χ1) is 10.6. The molecule has 1 saturated heterocycles. The molecule has 1 fully saturated rings. The second kappa shape index (κ2) is 6.44. The van der Waals surface area contributed by atoms with E-state index in [0.717, 1.165) is 19.4 Å². The number of benzene rings is 1. The molecule has 0 bridgehead atoms. The Labute approximate surface area is 131 Å². The van der Waals surface area contributed by atoms with Gasteiger partial charge in [-0.05, 0) is 48.6 Å². The average molecular weight is 323 g/mol. The number of amides is 1. The Morgan fingerprint density at radius 2 is 2.05 bits per heavy atom. The smallest absolute Gasteiger partial charge is 0.387 e. The lowest BCUT2D eigenvalue weighted by molar-refractivity contribution is -0.0498. The maximum absolute atomic E-state index is 12.6. The van der Waals surface area contributed by atoms with Crippen LogP contribution in [0.3, 0.4) is 0 Å². The van der Waals surface area contributed by atoms with E-state index in [0.29, 0.717) is 5.56 Å². The van der Waals surface area contributed by atoms with Crippen molar-refractivity contribution < 1.29 is 18.3 Å². The van der Waals surface area contributed by atoms with Crippen LogP contribution < -0.4 is 4.74 Å². The molecule has 0 aliphatic carbocycles. The summed E-state index contributed by atoms with van der Waals surface area (Å²) < 4.78 is 28.6. The molecule has 1 aliphatic rings. The van der Waals surface area contributed by atoms with Crippen LogP contribution in [0.1, 0.15) is 34.1 Å². The van der Waals surface area contributed by atoms with Crippen LogP contribution in [0.25, 0.3) is 0 Å². The van der Waals surface area contributed by atoms with Crippen LogP contribution >= 0.6 is 11.3 Å². The van der Waals surface area contributed by atoms with Crippen LogP contribution in [0.2, 0.25) is 0 Å². The maximum atomic E-state index is 12.6. The van der Waals surface area contributed by atoms with E-state index in [1.807, 2.05) is 22.4 Å². The van der Waals surface area contributed by atoms with Gasteiger partial charge in [-0.25, -0.2) is 0 Å². The van der Waals surface area contributed by atoms with Crippen molar-refractivity contribution in [2.75, 3.05) is 6.54 Å². The fourth-order valence-electron chi connectivity index (χ4n) is 2.73. The molecule has 1 aromatic carbocycles. The van der Waals surface area contributed by atoms with Crippen molar-refractivity contribution in [1.82, 2.24) is 4.90 Å². The Kier molecular flexibility index (Phi) is 4.38. The minimum atomic E-state index is -2.86. The van der Waals surface area contributed by atoms with Crippen LogP contribution in [0.5, 0.6) is 5.75 Å². The van der Waals surface area contributed by atoms with Gasteiger partial charge < -0.3 is 9.64 Å². The highest BCUT2D eigenvalue weighted by Gasteiger charge is 2.31. The Hall–Kier alpha value is -1.95. The molecule has 0 radical (unpaired) electrons. The number of hydrogen-bond acceptors (Lipinski definition) is 3. The molecule has 1 amide bonds. The van der Waals surface area contributed by atoms with Crippen molar-refractivity contribution in [3.8, 4) is 5.75 Å². The monoisotopic (exact) mass is 323 g/mol. The number of rotatable bonds is 4. The first-order valence-corrected chi connectivity index (χ1v) is 7.92. The fraction of sp³-hybridized carbons (Fsp3) is 0.312. The summed E-state index contributed by atoms with van der Waals surface area (Å²) in [5.74, 6) is -0.0118. The van der Waals surface area contributed by atoms with Crippen LogP contribution in [0, 0.1) is 0 Å². The molecule has 3 rings (SSSR count). The summed E-state index contributed by atoms with van der Waals surface area (Å²) in [6.45, 7) is -2.14. The van der Waals surface area contributed by atoms with Gasteiger partial charge in [0.15, 0.2) is 0 Å². The highest BCUT2D eigenvalue weighted by molar-refractivity contribution is 7.10. The van der Waals surface area contributed by atoms with Crippen molar-refractivity contribution in [3.05, 3.63) is 52.2 Å². The Bertz CT molecular complexity index is 628. The number of nitrogens with zero attached hydrogens (tertiary/aromatic N) is 1. The van der Waals surface area contributed by atoms with Gasteiger partial charge in [0.05, 0.1) is 6.04 Å². The van der Waals surface area contributed by atoms with Crippen LogP contribution in [-0.4, -0.2) is 24.0 Å². The highest BCUT2D eigenvalue weighted by atomic mass is 32.1. The molecule has 3 nitrogen and oxygen atoms in total. The van der Waals surface area contributed by atoms with Gasteiger partial charge in [-0.3, -0.25) is 4.79 Å². The molecular formula is C16H15F2NO2S. The first kappa shape index (κ1) is 15.0. The largest absolute Gasteiger partial charge is 0.435 e. The number of hydrogen-bond donors (Lipinski definition) is 0. The average Bonchev–Trinajstić information content (AvgIpc) is 3.17. The van der Waals surface area contributed by atoms with Crippen molar-refractivity contribution in [2.24, 2.45) is 0 Å². The highest BCUT2D eigenvalue weighted by Crippen LogP contribution is 2.35. The van der Waals surface area contributed by atoms with Crippen molar-refractivity contribution in [3.63, 3.8) is 0 Å². The van der Waals surface area contributed by atoms with Gasteiger partial charge in [-0.2, -0.15) is 8.78 Å². The predicted octanol–water partition coefficient (Wildman–Crippen LogP) is 4.33. The Balaban J connectivity index is 1.75. The van der Waals surface area contributed by atoms with Gasteiger partial charge in [0.2, 0.25) is 0 Å². The standard InChI is InChI=1S/C16H15F2NO2S/c17-16(18)21-12-7-5-11(6-8-12)15(20)19-9-1-3-13(19)14-4-2-10-22-14/h2,4-8,10,13,16H,1,3,9H2. The van der Waals surface area contributed by atoms with Gasteiger partial charge in [-0.15, -0.1) is 11.3 Å². The summed E-state index contributed by atoms with van der Waals surface area (Å²) in [6.07, 6.45) is 1.93. The van der Waals surface area contributed by atoms with Gasteiger partial charge in [-0.1, -0.05) is 6.07 Å². The van der Waals surface area contributed by atoms with Crippen molar-refractivity contribution in [2.45, 2.75) is 25.5 Å². The summed E-state index contributed by atoms with van der Waals surface area (Å²) in [4.78, 5) is 15.7. The topological polar surface area (TPSA) is 29.5 Å². The van der Waals surface area contributed by atoms with Crippen LogP contribution in [-0.2, 0) is 0 Å². The molecular weight excluding hydrogens is 308 g/mol. The Morgan fingerprint density at radius 1 is 1.27 bits per heavy atom. The van der Waals surface area contributed by atoms with Gasteiger partial charge >= 0.3 is 6.61 Å². The number of carbonyl (C=O) groups excluding carboxylic acids is 1. The molecule has 1 unspecified atom stereocenters. The third kappa shape index (κ3) is 3.11. The normalized spacial score (nSPS) is 18.0. The molecule has 1 aliphatic heterocycles. The van der Waals surface area contributed by atoms with Gasteiger partial charge in [0.25, 0.3) is 5.91 Å². The molecule has 0 N–H and O–H groups in total. The molecule has 2 heterocycles. The predicted molar refractivity (Wildman–Crippen MR) is 80.4 cm³/mol. The lowest BCUT2D eigenvalue weighted by atomic mass is 10.1. The molecule has 22 heavy (non-hydrogen) atoms. The number of ether oxygens (including phenoxy) is 1. The SMILES string of the molecule is O=C(c1ccc(OC(F)F)cc1)N1CCCC1c1cccs1. The molecule has 1 atom stereocenters. The number of carbonyl (C=O) groups is 1. The van der Waals surface area contributed by atoms with E-state index in [2.05, 4.69) is 4.74 Å². The van der Waals surface area contributed by atoms with E-state index in [9.17, 15) is 13.6 Å². The summed E-state index contributed by atoms with van der Waals surface area (Å²) in [5.41, 5.74) is 0.491. The van der Waals surface area contributed by atoms with E-state index < -0.39 is 6.61 Å². The molecule has 116 valence electrons. The lowest BCUT2D eigenvalue weighted by Gasteiger charge is -2.24. The molecule has 0 saturated carbocycles. The lowest BCUT2D eigenvalue weighted by Crippen LogP contribution is -2.30. The zero-order chi connectivity index (χ0) is 15.5. The van der Waals surface area contributed by atoms with Crippen LogP contribution in [0.15, 0.2) is 41.8 Å². The number of halogens is 2. The van der Waals surface area contributed by atoms with E-state index in [1.54, 1.807) is 11.3 Å². The first-order valence-electron chi connectivity index (χ1n) is 7.04. The summed E-state index contributed by atoms with van der Waals surface area (Å²) in [6, 6.07) is 10.0. The fourth-order valence-corrected chi connectivity index (χ4v) is 3.60. The van der Waals surface area contributed by atoms with Crippen molar-refractivity contribution in [1.29, 1.82) is 0 Å². The summed E-state index contributed by atoms with van der Waals surface area (Å²) in [5, 5.41) is 2.01. The third-order valence-corrected chi connectivity index (χ3v) is 4.69.